The van der Waals surface area contributed by atoms with E-state index in [1.165, 1.54) is 24.5 Å². The molecule has 1 atom stereocenters. The average Bonchev–Trinajstić information content (AvgIpc) is 2.39. The molecule has 4 heteroatoms. The molecule has 0 aromatic carbocycles. The van der Waals surface area contributed by atoms with Gasteiger partial charge in [0.05, 0.1) is 0 Å². The van der Waals surface area contributed by atoms with Crippen molar-refractivity contribution < 1.29 is 4.79 Å². The van der Waals surface area contributed by atoms with Crippen molar-refractivity contribution in [3.05, 3.63) is 40.7 Å². The number of halogens is 1. The van der Waals surface area contributed by atoms with Crippen LogP contribution in [0, 0.1) is 0 Å². The van der Waals surface area contributed by atoms with Crippen LogP contribution in [-0.2, 0) is 11.2 Å². The van der Waals surface area contributed by atoms with Gasteiger partial charge >= 0.3 is 0 Å². The lowest BCUT2D eigenvalue weighted by Gasteiger charge is -2.23. The van der Waals surface area contributed by atoms with Gasteiger partial charge in [-0.3, -0.25) is 4.79 Å². The van der Waals surface area contributed by atoms with Crippen LogP contribution in [-0.4, -0.2) is 24.4 Å². The van der Waals surface area contributed by atoms with Gasteiger partial charge in [-0.2, -0.15) is 0 Å². The molecule has 0 radical (unpaired) electrons. The summed E-state index contributed by atoms with van der Waals surface area (Å²) >= 11 is 6.06. The maximum absolute atomic E-state index is 10.2. The van der Waals surface area contributed by atoms with Gasteiger partial charge in [0, 0.05) is 18.7 Å². The molecule has 1 aromatic heterocycles. The molecule has 2 rings (SSSR count). The van der Waals surface area contributed by atoms with E-state index in [1.807, 2.05) is 6.07 Å². The molecule has 1 aliphatic heterocycles. The summed E-state index contributed by atoms with van der Waals surface area (Å²) in [6.45, 7) is 2.11. The van der Waals surface area contributed by atoms with Crippen molar-refractivity contribution in [3.63, 3.8) is 0 Å². The number of carbonyl (C=O) groups excluding carboxylic acids is 1. The Morgan fingerprint density at radius 3 is 3.11 bits per heavy atom. The topological polar surface area (TPSA) is 42.0 Å². The Morgan fingerprint density at radius 2 is 2.39 bits per heavy atom. The number of aldehydes is 1. The highest BCUT2D eigenvalue weighted by molar-refractivity contribution is 6.29. The Morgan fingerprint density at radius 1 is 1.50 bits per heavy atom. The van der Waals surface area contributed by atoms with Gasteiger partial charge in [0.1, 0.15) is 11.4 Å². The van der Waals surface area contributed by atoms with Crippen LogP contribution in [0.25, 0.3) is 0 Å². The molecule has 2 heterocycles. The average molecular weight is 265 g/mol. The third-order valence-corrected chi connectivity index (χ3v) is 3.37. The van der Waals surface area contributed by atoms with Crippen molar-refractivity contribution in [1.29, 1.82) is 0 Å². The van der Waals surface area contributed by atoms with E-state index in [4.69, 9.17) is 11.6 Å². The third-order valence-electron chi connectivity index (χ3n) is 3.18. The fourth-order valence-corrected chi connectivity index (χ4v) is 2.53. The standard InChI is InChI=1S/C14H17ClN2O/c15-14-9-12(11-4-3-6-16-10-11)8-13(17-14)5-1-2-7-18/h1-2,7-9,11,16H,3-6,10H2/b2-1+. The number of piperidine rings is 1. The maximum Gasteiger partial charge on any atom is 0.142 e. The smallest absolute Gasteiger partial charge is 0.142 e. The lowest BCUT2D eigenvalue weighted by molar-refractivity contribution is -0.104. The number of rotatable bonds is 4. The van der Waals surface area contributed by atoms with E-state index >= 15 is 0 Å². The van der Waals surface area contributed by atoms with Gasteiger partial charge in [-0.25, -0.2) is 4.98 Å². The minimum atomic E-state index is 0.521. The second-order valence-electron chi connectivity index (χ2n) is 4.53. The molecule has 1 unspecified atom stereocenters. The summed E-state index contributed by atoms with van der Waals surface area (Å²) in [6, 6.07) is 4.05. The molecular weight excluding hydrogens is 248 g/mol. The summed E-state index contributed by atoms with van der Waals surface area (Å²) in [7, 11) is 0. The normalized spacial score (nSPS) is 20.2. The summed E-state index contributed by atoms with van der Waals surface area (Å²) in [5, 5.41) is 3.94. The molecule has 1 aliphatic rings. The van der Waals surface area contributed by atoms with E-state index in [-0.39, 0.29) is 0 Å². The molecule has 0 aliphatic carbocycles. The van der Waals surface area contributed by atoms with Crippen molar-refractivity contribution in [1.82, 2.24) is 10.3 Å². The molecule has 0 amide bonds. The van der Waals surface area contributed by atoms with Gasteiger partial charge in [0.15, 0.2) is 0 Å². The van der Waals surface area contributed by atoms with Crippen LogP contribution >= 0.6 is 11.6 Å². The number of hydrogen-bond donors (Lipinski definition) is 1. The van der Waals surface area contributed by atoms with Crippen LogP contribution in [0.2, 0.25) is 5.15 Å². The van der Waals surface area contributed by atoms with E-state index in [0.29, 0.717) is 17.5 Å². The van der Waals surface area contributed by atoms with Crippen molar-refractivity contribution in [2.45, 2.75) is 25.2 Å². The quantitative estimate of drug-likeness (QED) is 0.516. The van der Waals surface area contributed by atoms with Gasteiger partial charge in [-0.05, 0) is 49.1 Å². The number of carbonyl (C=O) groups is 1. The van der Waals surface area contributed by atoms with Gasteiger partial charge in [0.25, 0.3) is 0 Å². The highest BCUT2D eigenvalue weighted by atomic mass is 35.5. The zero-order chi connectivity index (χ0) is 12.8. The van der Waals surface area contributed by atoms with Gasteiger partial charge in [-0.15, -0.1) is 0 Å². The lowest BCUT2D eigenvalue weighted by atomic mass is 9.92. The van der Waals surface area contributed by atoms with Crippen LogP contribution in [0.3, 0.4) is 0 Å². The number of aromatic nitrogens is 1. The van der Waals surface area contributed by atoms with Crippen molar-refractivity contribution in [2.75, 3.05) is 13.1 Å². The second kappa shape index (κ2) is 6.66. The first-order valence-electron chi connectivity index (χ1n) is 6.27. The fraction of sp³-hybridized carbons (Fsp3) is 0.429. The van der Waals surface area contributed by atoms with Crippen molar-refractivity contribution in [3.8, 4) is 0 Å². The first kappa shape index (κ1) is 13.2. The zero-order valence-corrected chi connectivity index (χ0v) is 11.0. The van der Waals surface area contributed by atoms with Gasteiger partial charge < -0.3 is 5.32 Å². The van der Waals surface area contributed by atoms with Crippen LogP contribution < -0.4 is 5.32 Å². The van der Waals surface area contributed by atoms with E-state index in [2.05, 4.69) is 16.4 Å². The Hall–Kier alpha value is -1.19. The molecule has 0 spiro atoms. The summed E-state index contributed by atoms with van der Waals surface area (Å²) < 4.78 is 0. The molecule has 1 saturated heterocycles. The van der Waals surface area contributed by atoms with E-state index in [9.17, 15) is 4.79 Å². The largest absolute Gasteiger partial charge is 0.316 e. The van der Waals surface area contributed by atoms with E-state index in [0.717, 1.165) is 25.1 Å². The monoisotopic (exact) mass is 264 g/mol. The number of allylic oxidation sites excluding steroid dienone is 2. The minimum absolute atomic E-state index is 0.521. The van der Waals surface area contributed by atoms with E-state index in [1.54, 1.807) is 6.08 Å². The molecule has 96 valence electrons. The Kier molecular flexibility index (Phi) is 4.90. The first-order valence-corrected chi connectivity index (χ1v) is 6.65. The maximum atomic E-state index is 10.2. The van der Waals surface area contributed by atoms with Crippen LogP contribution in [0.1, 0.15) is 30.0 Å². The van der Waals surface area contributed by atoms with Crippen molar-refractivity contribution in [2.24, 2.45) is 0 Å². The first-order chi connectivity index (χ1) is 8.79. The molecule has 0 bridgehead atoms. The van der Waals surface area contributed by atoms with Crippen LogP contribution in [0.15, 0.2) is 24.3 Å². The Bertz CT molecular complexity index is 439. The molecule has 1 N–H and O–H groups in total. The van der Waals surface area contributed by atoms with Gasteiger partial charge in [-0.1, -0.05) is 17.7 Å². The molecule has 18 heavy (non-hydrogen) atoms. The Labute approximate surface area is 112 Å². The summed E-state index contributed by atoms with van der Waals surface area (Å²) in [6.07, 6.45) is 7.10. The Balaban J connectivity index is 2.14. The summed E-state index contributed by atoms with van der Waals surface area (Å²) in [5.41, 5.74) is 2.16. The third kappa shape index (κ3) is 3.65. The zero-order valence-electron chi connectivity index (χ0n) is 10.2. The van der Waals surface area contributed by atoms with Crippen LogP contribution in [0.5, 0.6) is 0 Å². The summed E-state index contributed by atoms with van der Waals surface area (Å²) in [4.78, 5) is 14.5. The van der Waals surface area contributed by atoms with Crippen LogP contribution in [0.4, 0.5) is 0 Å². The number of nitrogens with one attached hydrogen (secondary N) is 1. The molecule has 1 fully saturated rings. The predicted octanol–water partition coefficient (Wildman–Crippen LogP) is 2.50. The minimum Gasteiger partial charge on any atom is -0.316 e. The molecule has 1 aromatic rings. The number of hydrogen-bond acceptors (Lipinski definition) is 3. The lowest BCUT2D eigenvalue weighted by Crippen LogP contribution is -2.28. The highest BCUT2D eigenvalue weighted by Gasteiger charge is 2.16. The highest BCUT2D eigenvalue weighted by Crippen LogP contribution is 2.25. The second-order valence-corrected chi connectivity index (χ2v) is 4.91. The molecule has 0 saturated carbocycles. The summed E-state index contributed by atoms with van der Waals surface area (Å²) in [5.74, 6) is 0.521. The SMILES string of the molecule is O=C/C=C/Cc1cc(C2CCCNC2)cc(Cl)n1. The molecular formula is C14H17ClN2O. The number of pyridine rings is 1. The van der Waals surface area contributed by atoms with Gasteiger partial charge in [0.2, 0.25) is 0 Å². The fourth-order valence-electron chi connectivity index (χ4n) is 2.29. The van der Waals surface area contributed by atoms with Crippen molar-refractivity contribution >= 4 is 17.9 Å². The molecule has 3 nitrogen and oxygen atoms in total. The predicted molar refractivity (Wildman–Crippen MR) is 73.0 cm³/mol. The van der Waals surface area contributed by atoms with E-state index < -0.39 is 0 Å². The number of nitrogens with zero attached hydrogens (tertiary/aromatic N) is 1.